The lowest BCUT2D eigenvalue weighted by Gasteiger charge is -2.27. The van der Waals surface area contributed by atoms with Crippen LogP contribution in [-0.4, -0.2) is 11.3 Å². The maximum Gasteiger partial charge on any atom is 0.116 e. The predicted molar refractivity (Wildman–Crippen MR) is 62.5 cm³/mol. The van der Waals surface area contributed by atoms with Crippen molar-refractivity contribution in [2.45, 2.75) is 23.1 Å². The molecule has 0 radical (unpaired) electrons. The highest BCUT2D eigenvalue weighted by Crippen LogP contribution is 2.38. The monoisotopic (exact) mass is 268 g/mol. The molecule has 1 N–H and O–H groups in total. The molecule has 2 nitrogen and oxygen atoms in total. The van der Waals surface area contributed by atoms with Crippen LogP contribution < -0.4 is 5.32 Å². The molecule has 72 valence electrons. The third-order valence-corrected chi connectivity index (χ3v) is 4.01. The first kappa shape index (κ1) is 9.88. The van der Waals surface area contributed by atoms with Crippen molar-refractivity contribution in [2.24, 2.45) is 0 Å². The van der Waals surface area contributed by atoms with E-state index < -0.39 is 0 Å². The Balaban J connectivity index is 2.37. The van der Waals surface area contributed by atoms with Gasteiger partial charge in [0.25, 0.3) is 0 Å². The minimum Gasteiger partial charge on any atom is -0.379 e. The van der Waals surface area contributed by atoms with Crippen LogP contribution in [0.5, 0.6) is 0 Å². The molecule has 14 heavy (non-hydrogen) atoms. The second kappa shape index (κ2) is 3.84. The number of benzene rings is 1. The highest BCUT2D eigenvalue weighted by atomic mass is 79.9. The van der Waals surface area contributed by atoms with Crippen molar-refractivity contribution >= 4 is 33.4 Å². The standard InChI is InChI=1S/C10H9BrN2S/c1-6-10(5-12)14-9-4-7(11)2-3-8(9)13-6/h2-4,6,10,13H,1H3. The lowest BCUT2D eigenvalue weighted by atomic mass is 10.2. The van der Waals surface area contributed by atoms with Crippen molar-refractivity contribution in [3.05, 3.63) is 22.7 Å². The molecule has 4 heteroatoms. The number of nitrogens with one attached hydrogen (secondary N) is 1. The van der Waals surface area contributed by atoms with Crippen molar-refractivity contribution in [3.63, 3.8) is 0 Å². The van der Waals surface area contributed by atoms with Crippen LogP contribution in [0, 0.1) is 11.3 Å². The molecular formula is C10H9BrN2S. The zero-order valence-electron chi connectivity index (χ0n) is 7.62. The molecule has 2 atom stereocenters. The Morgan fingerprint density at radius 3 is 3.07 bits per heavy atom. The van der Waals surface area contributed by atoms with E-state index >= 15 is 0 Å². The van der Waals surface area contributed by atoms with E-state index in [1.807, 2.05) is 25.1 Å². The van der Waals surface area contributed by atoms with Gasteiger partial charge in [-0.25, -0.2) is 0 Å². The van der Waals surface area contributed by atoms with Gasteiger partial charge in [-0.1, -0.05) is 15.9 Å². The average molecular weight is 269 g/mol. The molecule has 1 aromatic rings. The van der Waals surface area contributed by atoms with Crippen LogP contribution in [0.4, 0.5) is 5.69 Å². The molecule has 0 amide bonds. The lowest BCUT2D eigenvalue weighted by molar-refractivity contribution is 0.819. The first-order valence-corrected chi connectivity index (χ1v) is 6.00. The van der Waals surface area contributed by atoms with Crippen LogP contribution in [0.25, 0.3) is 0 Å². The number of halogens is 1. The van der Waals surface area contributed by atoms with Crippen molar-refractivity contribution in [2.75, 3.05) is 5.32 Å². The number of rotatable bonds is 0. The summed E-state index contributed by atoms with van der Waals surface area (Å²) in [6.07, 6.45) is 0. The van der Waals surface area contributed by atoms with Crippen molar-refractivity contribution < 1.29 is 0 Å². The van der Waals surface area contributed by atoms with E-state index in [0.29, 0.717) is 0 Å². The molecule has 2 unspecified atom stereocenters. The highest BCUT2D eigenvalue weighted by molar-refractivity contribution is 9.10. The molecule has 2 rings (SSSR count). The van der Waals surface area contributed by atoms with Gasteiger partial charge in [-0.2, -0.15) is 5.26 Å². The lowest BCUT2D eigenvalue weighted by Crippen LogP contribution is -2.30. The Morgan fingerprint density at radius 1 is 1.57 bits per heavy atom. The number of nitriles is 1. The quantitative estimate of drug-likeness (QED) is 0.785. The van der Waals surface area contributed by atoms with Gasteiger partial charge < -0.3 is 5.32 Å². The SMILES string of the molecule is CC1Nc2ccc(Br)cc2SC1C#N. The van der Waals surface area contributed by atoms with E-state index in [0.717, 1.165) is 15.1 Å². The first-order valence-electron chi connectivity index (χ1n) is 4.33. The van der Waals surface area contributed by atoms with Gasteiger partial charge in [0.15, 0.2) is 0 Å². The van der Waals surface area contributed by atoms with Gasteiger partial charge >= 0.3 is 0 Å². The minimum atomic E-state index is -0.00296. The Hall–Kier alpha value is -0.660. The smallest absolute Gasteiger partial charge is 0.116 e. The fourth-order valence-corrected chi connectivity index (χ4v) is 2.97. The van der Waals surface area contributed by atoms with Gasteiger partial charge in [0.05, 0.1) is 6.07 Å². The van der Waals surface area contributed by atoms with Crippen LogP contribution in [-0.2, 0) is 0 Å². The van der Waals surface area contributed by atoms with Gasteiger partial charge in [0, 0.05) is 21.1 Å². The van der Waals surface area contributed by atoms with E-state index in [2.05, 4.69) is 27.3 Å². The zero-order chi connectivity index (χ0) is 10.1. The van der Waals surface area contributed by atoms with Crippen LogP contribution in [0.1, 0.15) is 6.92 Å². The molecule has 0 fully saturated rings. The first-order chi connectivity index (χ1) is 6.70. The van der Waals surface area contributed by atoms with Gasteiger partial charge in [-0.05, 0) is 25.1 Å². The minimum absolute atomic E-state index is 0.00296. The third kappa shape index (κ3) is 1.75. The molecule has 0 aromatic heterocycles. The molecule has 0 aliphatic carbocycles. The summed E-state index contributed by atoms with van der Waals surface area (Å²) < 4.78 is 1.05. The summed E-state index contributed by atoms with van der Waals surface area (Å²) in [5, 5.41) is 12.3. The predicted octanol–water partition coefficient (Wildman–Crippen LogP) is 3.25. The molecule has 1 aromatic carbocycles. The topological polar surface area (TPSA) is 35.8 Å². The van der Waals surface area contributed by atoms with Gasteiger partial charge in [0.2, 0.25) is 0 Å². The molecule has 0 saturated heterocycles. The van der Waals surface area contributed by atoms with Gasteiger partial charge in [-0.3, -0.25) is 0 Å². The molecular weight excluding hydrogens is 260 g/mol. The number of anilines is 1. The Morgan fingerprint density at radius 2 is 2.36 bits per heavy atom. The van der Waals surface area contributed by atoms with Crippen molar-refractivity contribution in [1.82, 2.24) is 0 Å². The van der Waals surface area contributed by atoms with Gasteiger partial charge in [-0.15, -0.1) is 11.8 Å². The summed E-state index contributed by atoms with van der Waals surface area (Å²) in [5.41, 5.74) is 1.12. The van der Waals surface area contributed by atoms with Crippen molar-refractivity contribution in [3.8, 4) is 6.07 Å². The van der Waals surface area contributed by atoms with Crippen LogP contribution in [0.3, 0.4) is 0 Å². The zero-order valence-corrected chi connectivity index (χ0v) is 10.0. The summed E-state index contributed by atoms with van der Waals surface area (Å²) >= 11 is 5.05. The maximum absolute atomic E-state index is 8.93. The Labute approximate surface area is 95.8 Å². The van der Waals surface area contributed by atoms with E-state index in [9.17, 15) is 0 Å². The number of nitrogens with zero attached hydrogens (tertiary/aromatic N) is 1. The number of hydrogen-bond acceptors (Lipinski definition) is 3. The average Bonchev–Trinajstić information content (AvgIpc) is 2.17. The molecule has 1 aliphatic heterocycles. The fraction of sp³-hybridized carbons (Fsp3) is 0.300. The Bertz CT molecular complexity index is 400. The van der Waals surface area contributed by atoms with Crippen LogP contribution >= 0.6 is 27.7 Å². The summed E-state index contributed by atoms with van der Waals surface area (Å²) in [5.74, 6) is 0. The third-order valence-electron chi connectivity index (χ3n) is 2.16. The summed E-state index contributed by atoms with van der Waals surface area (Å²) in [4.78, 5) is 1.14. The normalized spacial score (nSPS) is 24.6. The number of fused-ring (bicyclic) bond motifs is 1. The molecule has 1 heterocycles. The maximum atomic E-state index is 8.93. The van der Waals surface area contributed by atoms with E-state index in [-0.39, 0.29) is 11.3 Å². The largest absolute Gasteiger partial charge is 0.379 e. The van der Waals surface area contributed by atoms with E-state index in [1.165, 1.54) is 0 Å². The molecule has 0 spiro atoms. The van der Waals surface area contributed by atoms with E-state index in [4.69, 9.17) is 5.26 Å². The number of thioether (sulfide) groups is 1. The Kier molecular flexibility index (Phi) is 2.71. The molecule has 0 saturated carbocycles. The summed E-state index contributed by atoms with van der Waals surface area (Å²) in [7, 11) is 0. The second-order valence-corrected chi connectivity index (χ2v) is 5.34. The van der Waals surface area contributed by atoms with Crippen LogP contribution in [0.15, 0.2) is 27.6 Å². The van der Waals surface area contributed by atoms with Crippen molar-refractivity contribution in [1.29, 1.82) is 5.26 Å². The molecule has 1 aliphatic rings. The fourth-order valence-electron chi connectivity index (χ4n) is 1.41. The second-order valence-electron chi connectivity index (χ2n) is 3.24. The molecule has 0 bridgehead atoms. The van der Waals surface area contributed by atoms with E-state index in [1.54, 1.807) is 11.8 Å². The van der Waals surface area contributed by atoms with Crippen LogP contribution in [0.2, 0.25) is 0 Å². The highest BCUT2D eigenvalue weighted by Gasteiger charge is 2.25. The number of hydrogen-bond donors (Lipinski definition) is 1. The summed E-state index contributed by atoms with van der Waals surface area (Å²) in [6, 6.07) is 8.60. The summed E-state index contributed by atoms with van der Waals surface area (Å²) in [6.45, 7) is 2.03. The van der Waals surface area contributed by atoms with Gasteiger partial charge in [0.1, 0.15) is 5.25 Å².